The third-order valence-electron chi connectivity index (χ3n) is 2.92. The number of nitrogens with two attached hydrogens (primary N) is 1. The van der Waals surface area contributed by atoms with Crippen molar-refractivity contribution < 1.29 is 4.74 Å². The molecule has 0 saturated carbocycles. The number of ether oxygens (including phenoxy) is 1. The highest BCUT2D eigenvalue weighted by Gasteiger charge is 2.14. The molecule has 4 heteroatoms. The van der Waals surface area contributed by atoms with Gasteiger partial charge in [0.05, 0.1) is 6.10 Å². The Bertz CT molecular complexity index is 158. The number of rotatable bonds is 10. The molecule has 0 amide bonds. The largest absolute Gasteiger partial charge is 0.377 e. The van der Waals surface area contributed by atoms with E-state index in [4.69, 9.17) is 10.5 Å². The topological polar surface area (TPSA) is 38.5 Å². The van der Waals surface area contributed by atoms with Crippen LogP contribution in [0.3, 0.4) is 0 Å². The standard InChI is InChI=1S/C12H28N2OS/c1-5-11(10-16-4)14(3)8-7-12(9-13)15-6-2/h11-12H,5-10,13H2,1-4H3. The van der Waals surface area contributed by atoms with E-state index in [0.29, 0.717) is 12.6 Å². The lowest BCUT2D eigenvalue weighted by molar-refractivity contribution is 0.0536. The summed E-state index contributed by atoms with van der Waals surface area (Å²) in [6.45, 7) is 6.73. The number of hydrogen-bond acceptors (Lipinski definition) is 4. The molecule has 0 aliphatic heterocycles. The summed E-state index contributed by atoms with van der Waals surface area (Å²) in [6, 6.07) is 0.676. The van der Waals surface area contributed by atoms with Gasteiger partial charge in [-0.05, 0) is 33.1 Å². The number of nitrogens with zero attached hydrogens (tertiary/aromatic N) is 1. The number of hydrogen-bond donors (Lipinski definition) is 1. The molecule has 16 heavy (non-hydrogen) atoms. The Kier molecular flexibility index (Phi) is 10.5. The molecule has 3 nitrogen and oxygen atoms in total. The molecule has 98 valence electrons. The molecule has 0 radical (unpaired) electrons. The summed E-state index contributed by atoms with van der Waals surface area (Å²) in [5.74, 6) is 1.20. The fourth-order valence-corrected chi connectivity index (χ4v) is 2.66. The van der Waals surface area contributed by atoms with Gasteiger partial charge in [-0.2, -0.15) is 11.8 Å². The Morgan fingerprint density at radius 2 is 2.06 bits per heavy atom. The maximum Gasteiger partial charge on any atom is 0.0709 e. The molecular formula is C12H28N2OS. The summed E-state index contributed by atoms with van der Waals surface area (Å²) >= 11 is 1.92. The zero-order valence-corrected chi connectivity index (χ0v) is 12.1. The van der Waals surface area contributed by atoms with Gasteiger partial charge in [-0.3, -0.25) is 0 Å². The van der Waals surface area contributed by atoms with Gasteiger partial charge in [-0.15, -0.1) is 0 Å². The molecule has 0 aromatic heterocycles. The van der Waals surface area contributed by atoms with E-state index in [2.05, 4.69) is 25.1 Å². The Balaban J connectivity index is 3.87. The Labute approximate surface area is 105 Å². The van der Waals surface area contributed by atoms with Gasteiger partial charge in [-0.1, -0.05) is 6.92 Å². The van der Waals surface area contributed by atoms with Crippen LogP contribution < -0.4 is 5.73 Å². The molecule has 0 rings (SSSR count). The third-order valence-corrected chi connectivity index (χ3v) is 3.64. The molecule has 2 N–H and O–H groups in total. The van der Waals surface area contributed by atoms with Crippen molar-refractivity contribution in [2.24, 2.45) is 5.73 Å². The number of thioether (sulfide) groups is 1. The van der Waals surface area contributed by atoms with E-state index in [1.807, 2.05) is 18.7 Å². The monoisotopic (exact) mass is 248 g/mol. The van der Waals surface area contributed by atoms with Crippen molar-refractivity contribution in [2.45, 2.75) is 38.8 Å². The molecule has 0 fully saturated rings. The lowest BCUT2D eigenvalue weighted by Crippen LogP contribution is -2.37. The lowest BCUT2D eigenvalue weighted by atomic mass is 10.2. The van der Waals surface area contributed by atoms with Crippen LogP contribution in [0.2, 0.25) is 0 Å². The van der Waals surface area contributed by atoms with Crippen LogP contribution in [0.5, 0.6) is 0 Å². The molecule has 0 saturated heterocycles. The maximum atomic E-state index is 5.66. The zero-order valence-electron chi connectivity index (χ0n) is 11.2. The lowest BCUT2D eigenvalue weighted by Gasteiger charge is -2.28. The molecule has 0 bridgehead atoms. The SMILES string of the molecule is CCOC(CN)CCN(C)C(CC)CSC. The van der Waals surface area contributed by atoms with E-state index < -0.39 is 0 Å². The minimum Gasteiger partial charge on any atom is -0.377 e. The first kappa shape index (κ1) is 16.2. The molecule has 0 aliphatic carbocycles. The van der Waals surface area contributed by atoms with Gasteiger partial charge in [0.1, 0.15) is 0 Å². The second-order valence-corrected chi connectivity index (χ2v) is 5.01. The van der Waals surface area contributed by atoms with Gasteiger partial charge in [0.25, 0.3) is 0 Å². The minimum atomic E-state index is 0.222. The van der Waals surface area contributed by atoms with Crippen LogP contribution in [0.4, 0.5) is 0 Å². The van der Waals surface area contributed by atoms with E-state index >= 15 is 0 Å². The summed E-state index contributed by atoms with van der Waals surface area (Å²) < 4.78 is 5.56. The van der Waals surface area contributed by atoms with Crippen molar-refractivity contribution >= 4 is 11.8 Å². The average molecular weight is 248 g/mol. The highest BCUT2D eigenvalue weighted by atomic mass is 32.2. The highest BCUT2D eigenvalue weighted by molar-refractivity contribution is 7.98. The molecule has 0 spiro atoms. The Morgan fingerprint density at radius 3 is 2.50 bits per heavy atom. The summed E-state index contributed by atoms with van der Waals surface area (Å²) in [7, 11) is 2.20. The predicted octanol–water partition coefficient (Wildman–Crippen LogP) is 1.81. The highest BCUT2D eigenvalue weighted by Crippen LogP contribution is 2.09. The molecule has 0 aliphatic rings. The predicted molar refractivity (Wildman–Crippen MR) is 74.2 cm³/mol. The minimum absolute atomic E-state index is 0.222. The van der Waals surface area contributed by atoms with Crippen LogP contribution in [-0.2, 0) is 4.74 Å². The van der Waals surface area contributed by atoms with Crippen molar-refractivity contribution in [3.05, 3.63) is 0 Å². The summed E-state index contributed by atoms with van der Waals surface area (Å²) in [5.41, 5.74) is 5.66. The first-order chi connectivity index (χ1) is 7.69. The van der Waals surface area contributed by atoms with Crippen LogP contribution in [0.1, 0.15) is 26.7 Å². The van der Waals surface area contributed by atoms with Crippen LogP contribution >= 0.6 is 11.8 Å². The van der Waals surface area contributed by atoms with E-state index in [1.54, 1.807) is 0 Å². The third kappa shape index (κ3) is 6.74. The fraction of sp³-hybridized carbons (Fsp3) is 1.00. The van der Waals surface area contributed by atoms with Crippen molar-refractivity contribution in [1.29, 1.82) is 0 Å². The summed E-state index contributed by atoms with van der Waals surface area (Å²) in [4.78, 5) is 2.43. The molecule has 0 aromatic carbocycles. The molecule has 2 atom stereocenters. The Hall–Kier alpha value is 0.230. The first-order valence-electron chi connectivity index (χ1n) is 6.20. The average Bonchev–Trinajstić information content (AvgIpc) is 2.30. The molecule has 2 unspecified atom stereocenters. The van der Waals surface area contributed by atoms with Gasteiger partial charge in [0.2, 0.25) is 0 Å². The summed E-state index contributed by atoms with van der Waals surface area (Å²) in [6.07, 6.45) is 4.63. The van der Waals surface area contributed by atoms with Crippen LogP contribution in [0.25, 0.3) is 0 Å². The molecule has 0 aromatic rings. The summed E-state index contributed by atoms with van der Waals surface area (Å²) in [5, 5.41) is 0. The smallest absolute Gasteiger partial charge is 0.0709 e. The fourth-order valence-electron chi connectivity index (χ4n) is 1.78. The second-order valence-electron chi connectivity index (χ2n) is 4.10. The second kappa shape index (κ2) is 10.4. The van der Waals surface area contributed by atoms with Crippen molar-refractivity contribution in [2.75, 3.05) is 38.8 Å². The van der Waals surface area contributed by atoms with Crippen molar-refractivity contribution in [3.63, 3.8) is 0 Å². The van der Waals surface area contributed by atoms with E-state index in [-0.39, 0.29) is 6.10 Å². The van der Waals surface area contributed by atoms with Crippen molar-refractivity contribution in [3.8, 4) is 0 Å². The normalized spacial score (nSPS) is 15.4. The first-order valence-corrected chi connectivity index (χ1v) is 7.59. The van der Waals surface area contributed by atoms with Crippen molar-refractivity contribution in [1.82, 2.24) is 4.90 Å². The Morgan fingerprint density at radius 1 is 1.38 bits per heavy atom. The van der Waals surface area contributed by atoms with E-state index in [9.17, 15) is 0 Å². The van der Waals surface area contributed by atoms with E-state index in [0.717, 1.165) is 19.6 Å². The van der Waals surface area contributed by atoms with Crippen LogP contribution in [-0.4, -0.2) is 55.8 Å². The van der Waals surface area contributed by atoms with Gasteiger partial charge in [0, 0.05) is 31.5 Å². The van der Waals surface area contributed by atoms with Gasteiger partial charge in [0.15, 0.2) is 0 Å². The molecular weight excluding hydrogens is 220 g/mol. The van der Waals surface area contributed by atoms with E-state index in [1.165, 1.54) is 12.2 Å². The van der Waals surface area contributed by atoms with Crippen LogP contribution in [0.15, 0.2) is 0 Å². The van der Waals surface area contributed by atoms with Gasteiger partial charge >= 0.3 is 0 Å². The zero-order chi connectivity index (χ0) is 12.4. The van der Waals surface area contributed by atoms with Gasteiger partial charge < -0.3 is 15.4 Å². The quantitative estimate of drug-likeness (QED) is 0.640. The maximum absolute atomic E-state index is 5.66. The molecule has 0 heterocycles. The van der Waals surface area contributed by atoms with Gasteiger partial charge in [-0.25, -0.2) is 0 Å². The van der Waals surface area contributed by atoms with Crippen LogP contribution in [0, 0.1) is 0 Å².